The van der Waals surface area contributed by atoms with Crippen LogP contribution >= 0.6 is 0 Å². The third-order valence-corrected chi connectivity index (χ3v) is 1.43. The Bertz CT molecular complexity index is 329. The van der Waals surface area contributed by atoms with E-state index in [2.05, 4.69) is 4.98 Å². The van der Waals surface area contributed by atoms with E-state index >= 15 is 0 Å². The quantitative estimate of drug-likeness (QED) is 0.573. The zero-order valence-corrected chi connectivity index (χ0v) is 7.93. The Kier molecular flexibility index (Phi) is 3.67. The highest BCUT2D eigenvalue weighted by atomic mass is 16.5. The van der Waals surface area contributed by atoms with Crippen LogP contribution in [0.25, 0.3) is 0 Å². The Morgan fingerprint density at radius 1 is 1.64 bits per heavy atom. The lowest BCUT2D eigenvalue weighted by atomic mass is 10.4. The first-order chi connectivity index (χ1) is 6.68. The van der Waals surface area contributed by atoms with Crippen molar-refractivity contribution in [3.63, 3.8) is 0 Å². The number of aromatic nitrogens is 1. The van der Waals surface area contributed by atoms with E-state index in [1.54, 1.807) is 25.3 Å². The monoisotopic (exact) mass is 192 g/mol. The van der Waals surface area contributed by atoms with Crippen LogP contribution < -0.4 is 5.73 Å². The minimum atomic E-state index is -0.448. The van der Waals surface area contributed by atoms with Gasteiger partial charge in [0.15, 0.2) is 0 Å². The van der Waals surface area contributed by atoms with Crippen molar-refractivity contribution < 1.29 is 9.53 Å². The molecule has 1 aromatic heterocycles. The molecule has 0 radical (unpaired) electrons. The van der Waals surface area contributed by atoms with E-state index in [0.717, 1.165) is 0 Å². The van der Waals surface area contributed by atoms with Gasteiger partial charge < -0.3 is 10.5 Å². The first kappa shape index (κ1) is 10.2. The van der Waals surface area contributed by atoms with E-state index < -0.39 is 5.97 Å². The zero-order chi connectivity index (χ0) is 10.4. The number of ether oxygens (including phenoxy) is 1. The van der Waals surface area contributed by atoms with Gasteiger partial charge in [-0.25, -0.2) is 4.79 Å². The number of hydrogen-bond donors (Lipinski definition) is 1. The summed E-state index contributed by atoms with van der Waals surface area (Å²) in [6, 6.07) is 5.42. The van der Waals surface area contributed by atoms with Crippen LogP contribution in [0.1, 0.15) is 12.6 Å². The molecule has 0 unspecified atom stereocenters. The number of pyridine rings is 1. The van der Waals surface area contributed by atoms with Crippen LogP contribution in [-0.2, 0) is 16.1 Å². The van der Waals surface area contributed by atoms with Crippen molar-refractivity contribution in [2.24, 2.45) is 5.73 Å². The highest BCUT2D eigenvalue weighted by Gasteiger charge is 1.99. The van der Waals surface area contributed by atoms with Crippen molar-refractivity contribution in [2.75, 3.05) is 0 Å². The molecule has 4 nitrogen and oxygen atoms in total. The van der Waals surface area contributed by atoms with Crippen LogP contribution in [0.3, 0.4) is 0 Å². The largest absolute Gasteiger partial charge is 0.456 e. The number of carbonyl (C=O) groups is 1. The third kappa shape index (κ3) is 3.71. The second-order valence-electron chi connectivity index (χ2n) is 2.82. The minimum Gasteiger partial charge on any atom is -0.456 e. The summed E-state index contributed by atoms with van der Waals surface area (Å²) in [4.78, 5) is 15.0. The number of hydrogen-bond acceptors (Lipinski definition) is 4. The molecule has 0 fully saturated rings. The van der Waals surface area contributed by atoms with E-state index in [9.17, 15) is 4.79 Å². The molecule has 0 saturated heterocycles. The first-order valence-electron chi connectivity index (χ1n) is 4.19. The van der Waals surface area contributed by atoms with Crippen LogP contribution in [0.15, 0.2) is 36.2 Å². The van der Waals surface area contributed by atoms with Crippen LogP contribution in [0.2, 0.25) is 0 Å². The molecule has 0 aliphatic carbocycles. The predicted molar refractivity (Wildman–Crippen MR) is 52.0 cm³/mol. The average molecular weight is 192 g/mol. The second-order valence-corrected chi connectivity index (χ2v) is 2.82. The Labute approximate surface area is 82.4 Å². The van der Waals surface area contributed by atoms with Gasteiger partial charge in [0.05, 0.1) is 5.69 Å². The zero-order valence-electron chi connectivity index (χ0n) is 7.93. The van der Waals surface area contributed by atoms with E-state index in [-0.39, 0.29) is 6.61 Å². The molecule has 0 amide bonds. The van der Waals surface area contributed by atoms with Crippen molar-refractivity contribution in [1.29, 1.82) is 0 Å². The maximum absolute atomic E-state index is 11.0. The third-order valence-electron chi connectivity index (χ3n) is 1.43. The topological polar surface area (TPSA) is 65.2 Å². The maximum atomic E-state index is 11.0. The van der Waals surface area contributed by atoms with Crippen molar-refractivity contribution >= 4 is 5.97 Å². The van der Waals surface area contributed by atoms with Gasteiger partial charge in [0.25, 0.3) is 0 Å². The molecule has 14 heavy (non-hydrogen) atoms. The van der Waals surface area contributed by atoms with Gasteiger partial charge in [-0.1, -0.05) is 6.07 Å². The molecular formula is C10H12N2O2. The molecule has 0 aromatic carbocycles. The molecule has 1 heterocycles. The Balaban J connectivity index is 2.42. The van der Waals surface area contributed by atoms with Crippen LogP contribution in [0.4, 0.5) is 0 Å². The highest BCUT2D eigenvalue weighted by molar-refractivity contribution is 5.82. The van der Waals surface area contributed by atoms with Crippen molar-refractivity contribution in [3.05, 3.63) is 41.9 Å². The first-order valence-corrected chi connectivity index (χ1v) is 4.19. The Morgan fingerprint density at radius 3 is 3.00 bits per heavy atom. The number of nitrogens with two attached hydrogens (primary N) is 1. The summed E-state index contributed by atoms with van der Waals surface area (Å²) in [5.41, 5.74) is 6.45. The SMILES string of the molecule is C/C(N)=C/C(=O)OCc1ccccn1. The van der Waals surface area contributed by atoms with Gasteiger partial charge in [0, 0.05) is 18.0 Å². The standard InChI is InChI=1S/C10H12N2O2/c1-8(11)6-10(13)14-7-9-4-2-3-5-12-9/h2-6H,7,11H2,1H3/b8-6-. The van der Waals surface area contributed by atoms with Crippen molar-refractivity contribution in [1.82, 2.24) is 4.98 Å². The summed E-state index contributed by atoms with van der Waals surface area (Å²) in [6.45, 7) is 1.80. The number of rotatable bonds is 3. The fraction of sp³-hybridized carbons (Fsp3) is 0.200. The average Bonchev–Trinajstić information content (AvgIpc) is 2.15. The number of esters is 1. The molecule has 1 rings (SSSR count). The van der Waals surface area contributed by atoms with Crippen LogP contribution in [0, 0.1) is 0 Å². The molecule has 2 N–H and O–H groups in total. The van der Waals surface area contributed by atoms with Crippen molar-refractivity contribution in [3.8, 4) is 0 Å². The van der Waals surface area contributed by atoms with Crippen LogP contribution in [0.5, 0.6) is 0 Å². The molecule has 0 saturated carbocycles. The number of allylic oxidation sites excluding steroid dienone is 1. The highest BCUT2D eigenvalue weighted by Crippen LogP contribution is 1.97. The van der Waals surface area contributed by atoms with Gasteiger partial charge in [-0.2, -0.15) is 0 Å². The second kappa shape index (κ2) is 5.01. The number of carbonyl (C=O) groups excluding carboxylic acids is 1. The van der Waals surface area contributed by atoms with Gasteiger partial charge in [-0.15, -0.1) is 0 Å². The van der Waals surface area contributed by atoms with E-state index in [1.807, 2.05) is 6.07 Å². The fourth-order valence-electron chi connectivity index (χ4n) is 0.856. The van der Waals surface area contributed by atoms with Gasteiger partial charge >= 0.3 is 5.97 Å². The summed E-state index contributed by atoms with van der Waals surface area (Å²) in [5, 5.41) is 0. The summed E-state index contributed by atoms with van der Waals surface area (Å²) < 4.78 is 4.88. The lowest BCUT2D eigenvalue weighted by molar-refractivity contribution is -0.139. The molecule has 74 valence electrons. The molecule has 0 bridgehead atoms. The Morgan fingerprint density at radius 2 is 2.43 bits per heavy atom. The summed E-state index contributed by atoms with van der Waals surface area (Å²) >= 11 is 0. The minimum absolute atomic E-state index is 0.170. The van der Waals surface area contributed by atoms with Gasteiger partial charge in [-0.3, -0.25) is 4.98 Å². The summed E-state index contributed by atoms with van der Waals surface area (Å²) in [7, 11) is 0. The molecule has 0 atom stereocenters. The fourth-order valence-corrected chi connectivity index (χ4v) is 0.856. The van der Waals surface area contributed by atoms with Crippen molar-refractivity contribution in [2.45, 2.75) is 13.5 Å². The lowest BCUT2D eigenvalue weighted by Crippen LogP contribution is -2.05. The molecule has 0 aliphatic heterocycles. The van der Waals surface area contributed by atoms with E-state index in [1.165, 1.54) is 6.08 Å². The summed E-state index contributed by atoms with van der Waals surface area (Å²) in [5.74, 6) is -0.448. The molecule has 0 spiro atoms. The van der Waals surface area contributed by atoms with E-state index in [0.29, 0.717) is 11.4 Å². The number of nitrogens with zero attached hydrogens (tertiary/aromatic N) is 1. The molecule has 4 heteroatoms. The van der Waals surface area contributed by atoms with Crippen LogP contribution in [-0.4, -0.2) is 11.0 Å². The van der Waals surface area contributed by atoms with Gasteiger partial charge in [-0.05, 0) is 19.1 Å². The molecular weight excluding hydrogens is 180 g/mol. The lowest BCUT2D eigenvalue weighted by Gasteiger charge is -2.00. The Hall–Kier alpha value is -1.84. The molecule has 0 aliphatic rings. The van der Waals surface area contributed by atoms with E-state index in [4.69, 9.17) is 10.5 Å². The smallest absolute Gasteiger partial charge is 0.332 e. The van der Waals surface area contributed by atoms with Gasteiger partial charge in [0.1, 0.15) is 6.61 Å². The molecule has 1 aromatic rings. The van der Waals surface area contributed by atoms with Gasteiger partial charge in [0.2, 0.25) is 0 Å². The summed E-state index contributed by atoms with van der Waals surface area (Å²) in [6.07, 6.45) is 2.89. The normalized spacial score (nSPS) is 11.1. The predicted octanol–water partition coefficient (Wildman–Crippen LogP) is 0.987. The maximum Gasteiger partial charge on any atom is 0.332 e.